The van der Waals surface area contributed by atoms with E-state index in [1.165, 1.54) is 0 Å². The summed E-state index contributed by atoms with van der Waals surface area (Å²) in [5.74, 6) is -30.7. The lowest BCUT2D eigenvalue weighted by Gasteiger charge is -2.39. The molecule has 0 radical (unpaired) electrons. The third kappa shape index (κ3) is 4.71. The second-order valence-electron chi connectivity index (χ2n) is 7.04. The van der Waals surface area contributed by atoms with Gasteiger partial charge in [-0.25, -0.2) is 4.79 Å². The van der Waals surface area contributed by atoms with Gasteiger partial charge in [0, 0.05) is 0 Å². The van der Waals surface area contributed by atoms with Crippen molar-refractivity contribution in [3.05, 3.63) is 0 Å². The molecule has 1 saturated carbocycles. The third-order valence-corrected chi connectivity index (χ3v) is 4.44. The predicted molar refractivity (Wildman–Crippen MR) is 74.0 cm³/mol. The summed E-state index contributed by atoms with van der Waals surface area (Å²) in [4.78, 5) is 11.8. The van der Waals surface area contributed by atoms with Gasteiger partial charge in [0.1, 0.15) is 6.10 Å². The number of halogens is 11. The lowest BCUT2D eigenvalue weighted by Crippen LogP contribution is -2.67. The highest BCUT2D eigenvalue weighted by molar-refractivity contribution is 5.79. The van der Waals surface area contributed by atoms with E-state index in [0.717, 1.165) is 6.42 Å². The van der Waals surface area contributed by atoms with Gasteiger partial charge in [-0.15, -0.1) is 0 Å². The molecule has 0 amide bonds. The molecule has 29 heavy (non-hydrogen) atoms. The number of alkyl halides is 11. The standard InChI is InChI=1S/C15H17F11O3/c1-10(28,9(27)29-8-5-3-2-4-6-8)7-11(16,17)12(18,19)13(20,21)14(22,23)15(24,25)26/h8,28H,2-7H2,1H3. The fourth-order valence-corrected chi connectivity index (χ4v) is 2.68. The molecular weight excluding hydrogens is 437 g/mol. The highest BCUT2D eigenvalue weighted by Gasteiger charge is 2.87. The van der Waals surface area contributed by atoms with Gasteiger partial charge in [-0.1, -0.05) is 6.42 Å². The molecule has 3 nitrogen and oxygen atoms in total. The first-order valence-corrected chi connectivity index (χ1v) is 8.22. The molecule has 0 aromatic carbocycles. The van der Waals surface area contributed by atoms with Crippen molar-refractivity contribution in [2.24, 2.45) is 0 Å². The van der Waals surface area contributed by atoms with Crippen LogP contribution < -0.4 is 0 Å². The molecule has 0 bridgehead atoms. The van der Waals surface area contributed by atoms with Crippen LogP contribution in [-0.4, -0.2) is 52.6 Å². The minimum atomic E-state index is -7.59. The molecule has 14 heteroatoms. The number of esters is 1. The van der Waals surface area contributed by atoms with Gasteiger partial charge in [-0.3, -0.25) is 0 Å². The maximum Gasteiger partial charge on any atom is 0.460 e. The summed E-state index contributed by atoms with van der Waals surface area (Å²) < 4.78 is 147. The number of carbonyl (C=O) groups excluding carboxylic acids is 1. The minimum Gasteiger partial charge on any atom is -0.460 e. The van der Waals surface area contributed by atoms with E-state index in [2.05, 4.69) is 4.74 Å². The number of hydrogen-bond donors (Lipinski definition) is 1. The summed E-state index contributed by atoms with van der Waals surface area (Å²) in [7, 11) is 0. The smallest absolute Gasteiger partial charge is 0.460 e. The summed E-state index contributed by atoms with van der Waals surface area (Å²) in [5, 5.41) is 9.70. The van der Waals surface area contributed by atoms with Crippen LogP contribution >= 0.6 is 0 Å². The maximum atomic E-state index is 13.8. The summed E-state index contributed by atoms with van der Waals surface area (Å²) in [6.45, 7) is 0.169. The Labute approximate surface area is 157 Å². The number of aliphatic hydroxyl groups is 1. The first kappa shape index (κ1) is 25.7. The summed E-state index contributed by atoms with van der Waals surface area (Å²) in [6.07, 6.45) is -8.72. The molecule has 1 aliphatic rings. The fraction of sp³-hybridized carbons (Fsp3) is 0.933. The van der Waals surface area contributed by atoms with E-state index < -0.39 is 54.0 Å². The predicted octanol–water partition coefficient (Wildman–Crippen LogP) is 5.11. The Morgan fingerprint density at radius 3 is 1.69 bits per heavy atom. The van der Waals surface area contributed by atoms with Crippen molar-refractivity contribution in [1.82, 2.24) is 0 Å². The van der Waals surface area contributed by atoms with E-state index in [1.807, 2.05) is 0 Å². The molecule has 0 spiro atoms. The van der Waals surface area contributed by atoms with E-state index >= 15 is 0 Å². The van der Waals surface area contributed by atoms with Crippen LogP contribution in [0.15, 0.2) is 0 Å². The molecule has 0 aromatic rings. The van der Waals surface area contributed by atoms with Crippen LogP contribution in [0.5, 0.6) is 0 Å². The van der Waals surface area contributed by atoms with Crippen molar-refractivity contribution in [3.63, 3.8) is 0 Å². The molecule has 0 aromatic heterocycles. The highest BCUT2D eigenvalue weighted by Crippen LogP contribution is 2.58. The fourth-order valence-electron chi connectivity index (χ4n) is 2.68. The van der Waals surface area contributed by atoms with Crippen molar-refractivity contribution in [2.45, 2.75) is 87.0 Å². The molecule has 1 aliphatic carbocycles. The zero-order valence-corrected chi connectivity index (χ0v) is 14.7. The van der Waals surface area contributed by atoms with E-state index in [0.29, 0.717) is 12.8 Å². The Kier molecular flexibility index (Phi) is 6.85. The molecule has 172 valence electrons. The topological polar surface area (TPSA) is 46.5 Å². The second-order valence-corrected chi connectivity index (χ2v) is 7.04. The van der Waals surface area contributed by atoms with Crippen molar-refractivity contribution in [3.8, 4) is 0 Å². The molecular formula is C15H17F11O3. The van der Waals surface area contributed by atoms with Gasteiger partial charge in [0.15, 0.2) is 5.60 Å². The molecule has 1 atom stereocenters. The Bertz CT molecular complexity index is 593. The zero-order valence-electron chi connectivity index (χ0n) is 14.7. The lowest BCUT2D eigenvalue weighted by atomic mass is 9.89. The number of hydrogen-bond acceptors (Lipinski definition) is 3. The van der Waals surface area contributed by atoms with Gasteiger partial charge in [0.25, 0.3) is 0 Å². The number of carbonyl (C=O) groups is 1. The van der Waals surface area contributed by atoms with Crippen LogP contribution in [0.1, 0.15) is 45.4 Å². The Hall–Kier alpha value is -1.34. The Balaban J connectivity index is 3.09. The first-order chi connectivity index (χ1) is 12.7. The van der Waals surface area contributed by atoms with E-state index in [4.69, 9.17) is 0 Å². The molecule has 1 fully saturated rings. The third-order valence-electron chi connectivity index (χ3n) is 4.44. The quantitative estimate of drug-likeness (QED) is 0.430. The maximum absolute atomic E-state index is 13.8. The van der Waals surface area contributed by atoms with Gasteiger partial charge in [0.2, 0.25) is 0 Å². The summed E-state index contributed by atoms with van der Waals surface area (Å²) in [5.41, 5.74) is -3.58. The van der Waals surface area contributed by atoms with Gasteiger partial charge in [-0.05, 0) is 32.6 Å². The van der Waals surface area contributed by atoms with Crippen LogP contribution in [0.2, 0.25) is 0 Å². The van der Waals surface area contributed by atoms with Gasteiger partial charge < -0.3 is 9.84 Å². The minimum absolute atomic E-state index is 0.169. The van der Waals surface area contributed by atoms with Gasteiger partial charge >= 0.3 is 35.8 Å². The van der Waals surface area contributed by atoms with Crippen molar-refractivity contribution >= 4 is 5.97 Å². The molecule has 0 heterocycles. The van der Waals surface area contributed by atoms with E-state index in [1.54, 1.807) is 0 Å². The average molecular weight is 454 g/mol. The average Bonchev–Trinajstić information content (AvgIpc) is 2.53. The first-order valence-electron chi connectivity index (χ1n) is 8.22. The van der Waals surface area contributed by atoms with Crippen LogP contribution in [0, 0.1) is 0 Å². The van der Waals surface area contributed by atoms with Crippen LogP contribution in [-0.2, 0) is 9.53 Å². The Morgan fingerprint density at radius 2 is 1.28 bits per heavy atom. The van der Waals surface area contributed by atoms with Gasteiger partial charge in [0.05, 0.1) is 6.42 Å². The van der Waals surface area contributed by atoms with Crippen molar-refractivity contribution in [1.29, 1.82) is 0 Å². The monoisotopic (exact) mass is 454 g/mol. The van der Waals surface area contributed by atoms with Crippen LogP contribution in [0.25, 0.3) is 0 Å². The SMILES string of the molecule is CC(O)(CC(F)(F)C(F)(F)C(F)(F)C(F)(F)C(F)(F)F)C(=O)OC1CCCCC1. The molecule has 0 aliphatic heterocycles. The van der Waals surface area contributed by atoms with Crippen molar-refractivity contribution in [2.75, 3.05) is 0 Å². The summed E-state index contributed by atoms with van der Waals surface area (Å²) >= 11 is 0. The molecule has 1 N–H and O–H groups in total. The number of rotatable bonds is 7. The number of ether oxygens (including phenoxy) is 1. The highest BCUT2D eigenvalue weighted by atomic mass is 19.4. The lowest BCUT2D eigenvalue weighted by molar-refractivity contribution is -0.424. The summed E-state index contributed by atoms with van der Waals surface area (Å²) in [6, 6.07) is 0. The molecule has 1 unspecified atom stereocenters. The van der Waals surface area contributed by atoms with E-state index in [-0.39, 0.29) is 19.8 Å². The zero-order chi connectivity index (χ0) is 23.1. The van der Waals surface area contributed by atoms with Gasteiger partial charge in [-0.2, -0.15) is 48.3 Å². The van der Waals surface area contributed by atoms with Crippen LogP contribution in [0.3, 0.4) is 0 Å². The van der Waals surface area contributed by atoms with Crippen molar-refractivity contribution < 1.29 is 62.9 Å². The normalized spacial score (nSPS) is 20.3. The van der Waals surface area contributed by atoms with E-state index in [9.17, 15) is 58.2 Å². The molecule has 1 rings (SSSR count). The largest absolute Gasteiger partial charge is 0.460 e. The Morgan fingerprint density at radius 1 is 0.828 bits per heavy atom. The second kappa shape index (κ2) is 7.73. The molecule has 0 saturated heterocycles. The van der Waals surface area contributed by atoms with Crippen LogP contribution in [0.4, 0.5) is 48.3 Å².